The van der Waals surface area contributed by atoms with Crippen LogP contribution in [0.3, 0.4) is 0 Å². The van der Waals surface area contributed by atoms with Gasteiger partial charge in [0.1, 0.15) is 0 Å². The van der Waals surface area contributed by atoms with Gasteiger partial charge in [-0.2, -0.15) is 0 Å². The summed E-state index contributed by atoms with van der Waals surface area (Å²) in [5, 5.41) is 10.2. The maximum absolute atomic E-state index is 10.2. The molecule has 110 valence electrons. The van der Waals surface area contributed by atoms with Crippen molar-refractivity contribution < 1.29 is 14.6 Å². The van der Waals surface area contributed by atoms with Crippen molar-refractivity contribution >= 4 is 0 Å². The second-order valence-corrected chi connectivity index (χ2v) is 6.19. The predicted octanol–water partition coefficient (Wildman–Crippen LogP) is -0.0656. The summed E-state index contributed by atoms with van der Waals surface area (Å²) in [6, 6.07) is 0. The van der Waals surface area contributed by atoms with Crippen molar-refractivity contribution in [1.82, 2.24) is 9.80 Å². The zero-order valence-corrected chi connectivity index (χ0v) is 11.7. The molecule has 0 aromatic heterocycles. The number of β-amino-alcohol motifs (C(OH)–C–C–N with tert-alkyl or cyclic N) is 1. The van der Waals surface area contributed by atoms with Gasteiger partial charge in [-0.3, -0.25) is 9.80 Å². The Morgan fingerprint density at radius 2 is 1.68 bits per heavy atom. The largest absolute Gasteiger partial charge is 0.390 e. The minimum Gasteiger partial charge on any atom is -0.390 e. The van der Waals surface area contributed by atoms with Gasteiger partial charge in [-0.15, -0.1) is 0 Å². The summed E-state index contributed by atoms with van der Waals surface area (Å²) in [5.74, 6) is 0. The summed E-state index contributed by atoms with van der Waals surface area (Å²) in [4.78, 5) is 4.68. The molecule has 2 aliphatic heterocycles. The van der Waals surface area contributed by atoms with Crippen molar-refractivity contribution in [2.75, 3.05) is 59.1 Å². The number of ether oxygens (including phenoxy) is 2. The van der Waals surface area contributed by atoms with Crippen molar-refractivity contribution in [1.29, 1.82) is 0 Å². The molecule has 2 heterocycles. The van der Waals surface area contributed by atoms with Gasteiger partial charge in [0, 0.05) is 39.3 Å². The first-order valence-corrected chi connectivity index (χ1v) is 7.60. The maximum Gasteiger partial charge on any atom is 0.0809 e. The fourth-order valence-electron chi connectivity index (χ4n) is 3.39. The Kier molecular flexibility index (Phi) is 4.39. The first-order valence-electron chi connectivity index (χ1n) is 7.60. The summed E-state index contributed by atoms with van der Waals surface area (Å²) < 4.78 is 11.2. The van der Waals surface area contributed by atoms with E-state index in [9.17, 15) is 5.11 Å². The van der Waals surface area contributed by atoms with Gasteiger partial charge in [0.2, 0.25) is 0 Å². The quantitative estimate of drug-likeness (QED) is 0.775. The standard InChI is InChI=1S/C14H26N2O3/c17-13(10-15-4-7-18-8-5-15)11-16-6-9-19-14(12-16)2-1-3-14/h13,17H,1-12H2. The Labute approximate surface area is 115 Å². The molecule has 0 bridgehead atoms. The molecule has 1 saturated carbocycles. The molecule has 1 N–H and O–H groups in total. The van der Waals surface area contributed by atoms with E-state index in [1.165, 1.54) is 19.3 Å². The van der Waals surface area contributed by atoms with Crippen LogP contribution in [0.5, 0.6) is 0 Å². The van der Waals surface area contributed by atoms with Gasteiger partial charge in [-0.1, -0.05) is 0 Å². The zero-order chi connectivity index (χ0) is 13.1. The van der Waals surface area contributed by atoms with Crippen molar-refractivity contribution in [2.24, 2.45) is 0 Å². The van der Waals surface area contributed by atoms with E-state index < -0.39 is 0 Å². The molecule has 5 heteroatoms. The van der Waals surface area contributed by atoms with Gasteiger partial charge in [0.25, 0.3) is 0 Å². The van der Waals surface area contributed by atoms with E-state index in [0.717, 1.165) is 59.1 Å². The monoisotopic (exact) mass is 270 g/mol. The molecule has 1 spiro atoms. The lowest BCUT2D eigenvalue weighted by Gasteiger charge is -2.48. The van der Waals surface area contributed by atoms with Crippen LogP contribution in [0.2, 0.25) is 0 Å². The Bertz CT molecular complexity index is 290. The Morgan fingerprint density at radius 1 is 1.00 bits per heavy atom. The van der Waals surface area contributed by atoms with Crippen molar-refractivity contribution in [3.8, 4) is 0 Å². The van der Waals surface area contributed by atoms with E-state index in [2.05, 4.69) is 9.80 Å². The first-order chi connectivity index (χ1) is 9.26. The van der Waals surface area contributed by atoms with E-state index in [0.29, 0.717) is 0 Å². The molecule has 1 unspecified atom stereocenters. The summed E-state index contributed by atoms with van der Waals surface area (Å²) in [7, 11) is 0. The SMILES string of the molecule is OC(CN1CCOCC1)CN1CCOC2(CCC2)C1. The topological polar surface area (TPSA) is 45.2 Å². The number of aliphatic hydroxyl groups excluding tert-OH is 1. The van der Waals surface area contributed by atoms with Crippen LogP contribution in [0, 0.1) is 0 Å². The molecule has 0 aromatic carbocycles. The molecule has 1 atom stereocenters. The van der Waals surface area contributed by atoms with Crippen LogP contribution in [-0.2, 0) is 9.47 Å². The van der Waals surface area contributed by atoms with Crippen LogP contribution in [0.4, 0.5) is 0 Å². The average Bonchev–Trinajstić information content (AvgIpc) is 2.38. The molecule has 3 aliphatic rings. The maximum atomic E-state index is 10.2. The molecular formula is C14H26N2O3. The molecule has 3 rings (SSSR count). The highest BCUT2D eigenvalue weighted by atomic mass is 16.5. The zero-order valence-electron chi connectivity index (χ0n) is 11.7. The Morgan fingerprint density at radius 3 is 2.37 bits per heavy atom. The lowest BCUT2D eigenvalue weighted by atomic mass is 9.79. The lowest BCUT2D eigenvalue weighted by molar-refractivity contribution is -0.155. The Hall–Kier alpha value is -0.200. The van der Waals surface area contributed by atoms with Crippen LogP contribution < -0.4 is 0 Å². The van der Waals surface area contributed by atoms with Crippen LogP contribution in [0.25, 0.3) is 0 Å². The van der Waals surface area contributed by atoms with Gasteiger partial charge in [-0.25, -0.2) is 0 Å². The van der Waals surface area contributed by atoms with E-state index >= 15 is 0 Å². The van der Waals surface area contributed by atoms with Gasteiger partial charge >= 0.3 is 0 Å². The fraction of sp³-hybridized carbons (Fsp3) is 1.00. The van der Waals surface area contributed by atoms with Crippen LogP contribution in [0.1, 0.15) is 19.3 Å². The minimum absolute atomic E-state index is 0.136. The third-order valence-corrected chi connectivity index (χ3v) is 4.63. The minimum atomic E-state index is -0.256. The van der Waals surface area contributed by atoms with Crippen LogP contribution >= 0.6 is 0 Å². The number of rotatable bonds is 4. The highest BCUT2D eigenvalue weighted by Gasteiger charge is 2.42. The van der Waals surface area contributed by atoms with Crippen molar-refractivity contribution in [3.05, 3.63) is 0 Å². The molecule has 3 fully saturated rings. The van der Waals surface area contributed by atoms with Gasteiger partial charge in [0.15, 0.2) is 0 Å². The predicted molar refractivity (Wildman–Crippen MR) is 72.2 cm³/mol. The second-order valence-electron chi connectivity index (χ2n) is 6.19. The molecule has 2 saturated heterocycles. The van der Waals surface area contributed by atoms with Crippen LogP contribution in [-0.4, -0.2) is 85.7 Å². The third-order valence-electron chi connectivity index (χ3n) is 4.63. The number of nitrogens with zero attached hydrogens (tertiary/aromatic N) is 2. The second kappa shape index (κ2) is 6.06. The lowest BCUT2D eigenvalue weighted by Crippen LogP contribution is -2.57. The number of hydrogen-bond donors (Lipinski definition) is 1. The van der Waals surface area contributed by atoms with E-state index in [4.69, 9.17) is 9.47 Å². The molecule has 1 aliphatic carbocycles. The molecule has 5 nitrogen and oxygen atoms in total. The number of morpholine rings is 2. The van der Waals surface area contributed by atoms with E-state index in [1.807, 2.05) is 0 Å². The molecular weight excluding hydrogens is 244 g/mol. The van der Waals surface area contributed by atoms with Gasteiger partial charge in [-0.05, 0) is 19.3 Å². The third kappa shape index (κ3) is 3.47. The number of aliphatic hydroxyl groups is 1. The summed E-state index contributed by atoms with van der Waals surface area (Å²) >= 11 is 0. The van der Waals surface area contributed by atoms with E-state index in [1.54, 1.807) is 0 Å². The van der Waals surface area contributed by atoms with E-state index in [-0.39, 0.29) is 11.7 Å². The average molecular weight is 270 g/mol. The normalized spacial score (nSPS) is 30.2. The van der Waals surface area contributed by atoms with Gasteiger partial charge < -0.3 is 14.6 Å². The summed E-state index contributed by atoms with van der Waals surface area (Å²) in [5.41, 5.74) is 0.136. The highest BCUT2D eigenvalue weighted by molar-refractivity contribution is 4.95. The first kappa shape index (κ1) is 13.8. The highest BCUT2D eigenvalue weighted by Crippen LogP contribution is 2.38. The molecule has 0 aromatic rings. The molecule has 0 radical (unpaired) electrons. The fourth-order valence-corrected chi connectivity index (χ4v) is 3.39. The Balaban J connectivity index is 1.42. The summed E-state index contributed by atoms with van der Waals surface area (Å²) in [6.07, 6.45) is 3.43. The van der Waals surface area contributed by atoms with Crippen molar-refractivity contribution in [2.45, 2.75) is 31.0 Å². The van der Waals surface area contributed by atoms with Crippen molar-refractivity contribution in [3.63, 3.8) is 0 Å². The smallest absolute Gasteiger partial charge is 0.0809 e. The van der Waals surface area contributed by atoms with Gasteiger partial charge in [0.05, 0.1) is 31.5 Å². The molecule has 0 amide bonds. The molecule has 19 heavy (non-hydrogen) atoms. The summed E-state index contributed by atoms with van der Waals surface area (Å²) in [6.45, 7) is 7.84. The van der Waals surface area contributed by atoms with Crippen LogP contribution in [0.15, 0.2) is 0 Å². The number of hydrogen-bond acceptors (Lipinski definition) is 5.